The summed E-state index contributed by atoms with van der Waals surface area (Å²) in [7, 11) is 2.91. The lowest BCUT2D eigenvalue weighted by Gasteiger charge is -2.27. The fourth-order valence-electron chi connectivity index (χ4n) is 4.87. The Balaban J connectivity index is 1.81. The van der Waals surface area contributed by atoms with Crippen LogP contribution in [-0.2, 0) is 4.79 Å². The molecule has 2 heterocycles. The van der Waals surface area contributed by atoms with Gasteiger partial charge in [-0.1, -0.05) is 47.7 Å². The number of allylic oxidation sites excluding steroid dienone is 2. The highest BCUT2D eigenvalue weighted by Gasteiger charge is 2.33. The van der Waals surface area contributed by atoms with Crippen molar-refractivity contribution in [1.29, 1.82) is 0 Å². The van der Waals surface area contributed by atoms with E-state index in [9.17, 15) is 19.7 Å². The minimum Gasteiger partial charge on any atom is -0.496 e. The third-order valence-electron chi connectivity index (χ3n) is 6.52. The molecule has 1 aliphatic heterocycles. The van der Waals surface area contributed by atoms with Gasteiger partial charge in [0.05, 0.1) is 29.7 Å². The molecule has 38 heavy (non-hydrogen) atoms. The van der Waals surface area contributed by atoms with E-state index in [1.165, 1.54) is 30.7 Å². The van der Waals surface area contributed by atoms with Crippen LogP contribution in [0.15, 0.2) is 75.7 Å². The Morgan fingerprint density at radius 2 is 1.82 bits per heavy atom. The van der Waals surface area contributed by atoms with Crippen molar-refractivity contribution in [1.82, 2.24) is 4.57 Å². The lowest BCUT2D eigenvalue weighted by Crippen LogP contribution is -2.39. The Kier molecular flexibility index (Phi) is 6.41. The molecule has 0 radical (unpaired) electrons. The van der Waals surface area contributed by atoms with Gasteiger partial charge in [-0.3, -0.25) is 24.3 Å². The van der Waals surface area contributed by atoms with E-state index in [0.29, 0.717) is 37.5 Å². The number of rotatable bonds is 6. The summed E-state index contributed by atoms with van der Waals surface area (Å²) < 4.78 is 12.6. The summed E-state index contributed by atoms with van der Waals surface area (Å²) in [6, 6.07) is 15.2. The summed E-state index contributed by atoms with van der Waals surface area (Å²) in [5, 5.41) is 13.3. The number of nitro benzene ring substituents is 1. The Morgan fingerprint density at radius 3 is 2.50 bits per heavy atom. The molecule has 0 saturated heterocycles. The van der Waals surface area contributed by atoms with Crippen molar-refractivity contribution < 1.29 is 19.2 Å². The van der Waals surface area contributed by atoms with Crippen LogP contribution in [-0.4, -0.2) is 29.5 Å². The van der Waals surface area contributed by atoms with Crippen molar-refractivity contribution in [3.63, 3.8) is 0 Å². The minimum absolute atomic E-state index is 0.124. The van der Waals surface area contributed by atoms with Gasteiger partial charge in [-0.25, -0.2) is 4.99 Å². The summed E-state index contributed by atoms with van der Waals surface area (Å²) in [6.45, 7) is 3.22. The van der Waals surface area contributed by atoms with Gasteiger partial charge in [0.15, 0.2) is 16.3 Å². The van der Waals surface area contributed by atoms with Crippen LogP contribution >= 0.6 is 11.3 Å². The van der Waals surface area contributed by atoms with Crippen molar-refractivity contribution in [3.05, 3.63) is 107 Å². The molecular formula is C28H23N3O6S. The predicted molar refractivity (Wildman–Crippen MR) is 145 cm³/mol. The second-order valence-electron chi connectivity index (χ2n) is 8.73. The second kappa shape index (κ2) is 9.71. The van der Waals surface area contributed by atoms with E-state index in [1.807, 2.05) is 36.4 Å². The van der Waals surface area contributed by atoms with Crippen LogP contribution in [0.1, 0.15) is 31.0 Å². The van der Waals surface area contributed by atoms with Crippen LogP contribution in [0.2, 0.25) is 0 Å². The molecule has 1 aliphatic rings. The normalized spacial score (nSPS) is 15.3. The number of Topliss-reactive ketones (excluding diaryl/α,β-unsaturated/α-hetero) is 1. The van der Waals surface area contributed by atoms with Gasteiger partial charge in [-0.05, 0) is 48.4 Å². The summed E-state index contributed by atoms with van der Waals surface area (Å²) in [6.07, 6.45) is 1.58. The molecule has 1 atom stereocenters. The average Bonchev–Trinajstić information content (AvgIpc) is 3.20. The number of hydrogen-bond donors (Lipinski definition) is 0. The lowest BCUT2D eigenvalue weighted by atomic mass is 9.89. The Hall–Kier alpha value is -4.57. The maximum atomic E-state index is 13.9. The first-order valence-electron chi connectivity index (χ1n) is 11.7. The molecule has 0 spiro atoms. The van der Waals surface area contributed by atoms with Crippen LogP contribution in [0.5, 0.6) is 11.5 Å². The van der Waals surface area contributed by atoms with Crippen LogP contribution < -0.4 is 24.4 Å². The number of aromatic nitrogens is 1. The number of benzene rings is 3. The van der Waals surface area contributed by atoms with Crippen molar-refractivity contribution in [2.24, 2.45) is 4.99 Å². The zero-order valence-electron chi connectivity index (χ0n) is 21.1. The molecule has 192 valence electrons. The summed E-state index contributed by atoms with van der Waals surface area (Å²) in [4.78, 5) is 42.9. The predicted octanol–water partition coefficient (Wildman–Crippen LogP) is 3.90. The Labute approximate surface area is 220 Å². The molecule has 0 unspecified atom stereocenters. The number of carbonyl (C=O) groups is 1. The molecule has 1 aromatic heterocycles. The molecule has 0 fully saturated rings. The van der Waals surface area contributed by atoms with E-state index in [-0.39, 0.29) is 22.8 Å². The molecule has 0 aliphatic carbocycles. The number of fused-ring (bicyclic) bond motifs is 2. The minimum atomic E-state index is -0.767. The van der Waals surface area contributed by atoms with Crippen molar-refractivity contribution in [2.75, 3.05) is 14.2 Å². The van der Waals surface area contributed by atoms with Gasteiger partial charge in [0.2, 0.25) is 0 Å². The molecular weight excluding hydrogens is 506 g/mol. The first-order chi connectivity index (χ1) is 18.2. The maximum Gasteiger partial charge on any atom is 0.311 e. The number of thiazole rings is 1. The van der Waals surface area contributed by atoms with Gasteiger partial charge in [-0.2, -0.15) is 0 Å². The van der Waals surface area contributed by atoms with Gasteiger partial charge in [0, 0.05) is 22.9 Å². The monoisotopic (exact) mass is 529 g/mol. The van der Waals surface area contributed by atoms with Gasteiger partial charge in [0.25, 0.3) is 5.56 Å². The van der Waals surface area contributed by atoms with E-state index in [2.05, 4.69) is 4.99 Å². The number of carbonyl (C=O) groups excluding carboxylic acids is 1. The number of ether oxygens (including phenoxy) is 2. The van der Waals surface area contributed by atoms with Crippen molar-refractivity contribution >= 4 is 39.7 Å². The third kappa shape index (κ3) is 4.08. The lowest BCUT2D eigenvalue weighted by molar-refractivity contribution is -0.385. The summed E-state index contributed by atoms with van der Waals surface area (Å²) in [5.74, 6) is 0.465. The van der Waals surface area contributed by atoms with Crippen LogP contribution in [0.4, 0.5) is 5.69 Å². The van der Waals surface area contributed by atoms with E-state index in [1.54, 1.807) is 26.2 Å². The summed E-state index contributed by atoms with van der Waals surface area (Å²) >= 11 is 1.16. The SMILES string of the molecule is COc1ccc(C=c2sc3n(c2=O)[C@@H](c2c(OC)ccc4ccccc24)C(C(C)=O)=C(C)N=3)cc1[N+](=O)[O-]. The maximum absolute atomic E-state index is 13.9. The zero-order valence-corrected chi connectivity index (χ0v) is 21.9. The molecule has 0 amide bonds. The van der Waals surface area contributed by atoms with Crippen LogP contribution in [0, 0.1) is 10.1 Å². The quantitative estimate of drug-likeness (QED) is 0.277. The van der Waals surface area contributed by atoms with Crippen molar-refractivity contribution in [2.45, 2.75) is 19.9 Å². The third-order valence-corrected chi connectivity index (χ3v) is 7.51. The number of nitrogens with zero attached hydrogens (tertiary/aromatic N) is 3. The Bertz CT molecular complexity index is 1850. The Morgan fingerprint density at radius 1 is 1.11 bits per heavy atom. The number of methoxy groups -OCH3 is 2. The van der Waals surface area contributed by atoms with Gasteiger partial charge in [-0.15, -0.1) is 0 Å². The topological polar surface area (TPSA) is 113 Å². The largest absolute Gasteiger partial charge is 0.496 e. The first kappa shape index (κ1) is 25.1. The molecule has 3 aromatic carbocycles. The molecule has 10 heteroatoms. The van der Waals surface area contributed by atoms with E-state index in [4.69, 9.17) is 9.47 Å². The standard InChI is InChI=1S/C28H23N3O6S/c1-15-24(16(2)32)26(25-19-8-6-5-7-18(19)10-12-22(25)37-4)30-27(33)23(38-28(30)29-15)14-17-9-11-21(36-3)20(13-17)31(34)35/h5-14,26H,1-4H3/t26-/m1/s1. The average molecular weight is 530 g/mol. The summed E-state index contributed by atoms with van der Waals surface area (Å²) in [5.41, 5.74) is 1.51. The molecule has 9 nitrogen and oxygen atoms in total. The van der Waals surface area contributed by atoms with E-state index < -0.39 is 11.0 Å². The fourth-order valence-corrected chi connectivity index (χ4v) is 5.92. The van der Waals surface area contributed by atoms with E-state index in [0.717, 1.165) is 22.1 Å². The van der Waals surface area contributed by atoms with Crippen molar-refractivity contribution in [3.8, 4) is 11.5 Å². The van der Waals surface area contributed by atoms with Gasteiger partial charge in [0.1, 0.15) is 5.75 Å². The highest BCUT2D eigenvalue weighted by atomic mass is 32.1. The molecule has 0 bridgehead atoms. The number of hydrogen-bond acceptors (Lipinski definition) is 8. The smallest absolute Gasteiger partial charge is 0.311 e. The number of ketones is 1. The molecule has 5 rings (SSSR count). The highest BCUT2D eigenvalue weighted by molar-refractivity contribution is 7.07. The van der Waals surface area contributed by atoms with Crippen LogP contribution in [0.3, 0.4) is 0 Å². The van der Waals surface area contributed by atoms with Gasteiger partial charge >= 0.3 is 5.69 Å². The van der Waals surface area contributed by atoms with E-state index >= 15 is 0 Å². The zero-order chi connectivity index (χ0) is 27.1. The molecule has 0 N–H and O–H groups in total. The number of nitro groups is 1. The highest BCUT2D eigenvalue weighted by Crippen LogP contribution is 2.40. The second-order valence-corrected chi connectivity index (χ2v) is 9.74. The molecule has 0 saturated carbocycles. The first-order valence-corrected chi connectivity index (χ1v) is 12.5. The van der Waals surface area contributed by atoms with Gasteiger partial charge < -0.3 is 9.47 Å². The van der Waals surface area contributed by atoms with Crippen LogP contribution in [0.25, 0.3) is 16.8 Å². The fraction of sp³-hybridized carbons (Fsp3) is 0.179. The molecule has 4 aromatic rings.